The molecule has 1 aliphatic carbocycles. The molecule has 3 rings (SSSR count). The minimum Gasteiger partial charge on any atom is -0.497 e. The fourth-order valence-electron chi connectivity index (χ4n) is 3.02. The molecule has 0 bridgehead atoms. The van der Waals surface area contributed by atoms with Crippen molar-refractivity contribution < 1.29 is 9.53 Å². The molecular weight excluding hydrogens is 316 g/mol. The summed E-state index contributed by atoms with van der Waals surface area (Å²) in [4.78, 5) is 20.7. The Balaban J connectivity index is 1.57. The number of carbonyl (C=O) groups is 1. The highest BCUT2D eigenvalue weighted by Gasteiger charge is 2.17. The van der Waals surface area contributed by atoms with Gasteiger partial charge in [-0.3, -0.25) is 4.79 Å². The number of benzene rings is 1. The van der Waals surface area contributed by atoms with Crippen molar-refractivity contribution in [3.63, 3.8) is 0 Å². The van der Waals surface area contributed by atoms with Crippen LogP contribution in [-0.4, -0.2) is 29.0 Å². The van der Waals surface area contributed by atoms with E-state index in [1.807, 2.05) is 24.3 Å². The SMILES string of the molecule is COc1ccc(CNc2cc(C(=O)NC3CCCCC3)ncn2)cc1. The Morgan fingerprint density at radius 2 is 1.92 bits per heavy atom. The Bertz CT molecular complexity index is 697. The molecular formula is C19H24N4O2. The number of carbonyl (C=O) groups excluding carboxylic acids is 1. The van der Waals surface area contributed by atoms with Crippen molar-refractivity contribution in [1.82, 2.24) is 15.3 Å². The van der Waals surface area contributed by atoms with E-state index in [9.17, 15) is 4.79 Å². The molecule has 1 heterocycles. The molecule has 1 fully saturated rings. The minimum absolute atomic E-state index is 0.123. The summed E-state index contributed by atoms with van der Waals surface area (Å²) in [7, 11) is 1.65. The Kier molecular flexibility index (Phi) is 5.82. The number of anilines is 1. The number of rotatable bonds is 6. The normalized spacial score (nSPS) is 14.8. The molecule has 0 radical (unpaired) electrons. The van der Waals surface area contributed by atoms with Gasteiger partial charge in [0, 0.05) is 18.7 Å². The van der Waals surface area contributed by atoms with Gasteiger partial charge < -0.3 is 15.4 Å². The van der Waals surface area contributed by atoms with Gasteiger partial charge in [0.1, 0.15) is 23.6 Å². The first-order valence-electron chi connectivity index (χ1n) is 8.74. The van der Waals surface area contributed by atoms with E-state index in [4.69, 9.17) is 4.74 Å². The van der Waals surface area contributed by atoms with Gasteiger partial charge in [0.2, 0.25) is 0 Å². The van der Waals surface area contributed by atoms with Gasteiger partial charge in [-0.2, -0.15) is 0 Å². The van der Waals surface area contributed by atoms with Crippen LogP contribution in [0.1, 0.15) is 48.2 Å². The minimum atomic E-state index is -0.123. The first kappa shape index (κ1) is 17.2. The zero-order chi connectivity index (χ0) is 17.5. The Morgan fingerprint density at radius 3 is 2.64 bits per heavy atom. The van der Waals surface area contributed by atoms with Crippen LogP contribution in [-0.2, 0) is 6.54 Å². The maximum Gasteiger partial charge on any atom is 0.270 e. The molecule has 6 heteroatoms. The van der Waals surface area contributed by atoms with Crippen LogP contribution in [0.3, 0.4) is 0 Å². The molecule has 0 unspecified atom stereocenters. The van der Waals surface area contributed by atoms with Crippen molar-refractivity contribution in [2.45, 2.75) is 44.7 Å². The van der Waals surface area contributed by atoms with Crippen molar-refractivity contribution in [1.29, 1.82) is 0 Å². The second-order valence-electron chi connectivity index (χ2n) is 6.30. The van der Waals surface area contributed by atoms with Gasteiger partial charge in [0.05, 0.1) is 7.11 Å². The topological polar surface area (TPSA) is 76.1 Å². The zero-order valence-electron chi connectivity index (χ0n) is 14.5. The zero-order valence-corrected chi connectivity index (χ0v) is 14.5. The highest BCUT2D eigenvalue weighted by Crippen LogP contribution is 2.18. The highest BCUT2D eigenvalue weighted by atomic mass is 16.5. The van der Waals surface area contributed by atoms with Gasteiger partial charge >= 0.3 is 0 Å². The second-order valence-corrected chi connectivity index (χ2v) is 6.30. The van der Waals surface area contributed by atoms with Crippen LogP contribution < -0.4 is 15.4 Å². The Morgan fingerprint density at radius 1 is 1.16 bits per heavy atom. The smallest absolute Gasteiger partial charge is 0.270 e. The summed E-state index contributed by atoms with van der Waals surface area (Å²) in [6.07, 6.45) is 7.16. The number of nitrogens with zero attached hydrogens (tertiary/aromatic N) is 2. The van der Waals surface area contributed by atoms with Gasteiger partial charge in [-0.25, -0.2) is 9.97 Å². The Hall–Kier alpha value is -2.63. The van der Waals surface area contributed by atoms with E-state index >= 15 is 0 Å². The standard InChI is InChI=1S/C19H24N4O2/c1-25-16-9-7-14(8-10-16)12-20-18-11-17(21-13-22-18)19(24)23-15-5-3-2-4-6-15/h7-11,13,15H,2-6,12H2,1H3,(H,23,24)(H,20,21,22). The molecule has 1 aromatic heterocycles. The molecule has 1 aromatic carbocycles. The van der Waals surface area contributed by atoms with Crippen molar-refractivity contribution in [3.05, 3.63) is 47.9 Å². The van der Waals surface area contributed by atoms with E-state index in [-0.39, 0.29) is 11.9 Å². The molecule has 1 saturated carbocycles. The lowest BCUT2D eigenvalue weighted by Gasteiger charge is -2.22. The average Bonchev–Trinajstić information content (AvgIpc) is 2.68. The fourth-order valence-corrected chi connectivity index (χ4v) is 3.02. The predicted molar refractivity (Wildman–Crippen MR) is 96.7 cm³/mol. The van der Waals surface area contributed by atoms with Crippen LogP contribution in [0.4, 0.5) is 5.82 Å². The largest absolute Gasteiger partial charge is 0.497 e. The molecule has 6 nitrogen and oxygen atoms in total. The third-order valence-electron chi connectivity index (χ3n) is 4.47. The molecule has 0 saturated heterocycles. The lowest BCUT2D eigenvalue weighted by Crippen LogP contribution is -2.36. The molecule has 132 valence electrons. The van der Waals surface area contributed by atoms with Crippen LogP contribution in [0, 0.1) is 0 Å². The van der Waals surface area contributed by atoms with E-state index in [0.29, 0.717) is 18.1 Å². The number of nitrogens with one attached hydrogen (secondary N) is 2. The van der Waals surface area contributed by atoms with Crippen LogP contribution in [0.25, 0.3) is 0 Å². The molecule has 2 N–H and O–H groups in total. The second kappa shape index (κ2) is 8.46. The lowest BCUT2D eigenvalue weighted by atomic mass is 9.95. The van der Waals surface area contributed by atoms with Crippen molar-refractivity contribution in [2.75, 3.05) is 12.4 Å². The van der Waals surface area contributed by atoms with Crippen molar-refractivity contribution in [2.24, 2.45) is 0 Å². The highest BCUT2D eigenvalue weighted by molar-refractivity contribution is 5.93. The van der Waals surface area contributed by atoms with E-state index in [2.05, 4.69) is 20.6 Å². The predicted octanol–water partition coefficient (Wildman–Crippen LogP) is 3.16. The molecule has 0 aliphatic heterocycles. The van der Waals surface area contributed by atoms with Gasteiger partial charge in [-0.05, 0) is 30.5 Å². The Labute approximate surface area is 148 Å². The van der Waals surface area contributed by atoms with Crippen LogP contribution in [0.15, 0.2) is 36.7 Å². The van der Waals surface area contributed by atoms with Crippen molar-refractivity contribution >= 4 is 11.7 Å². The third kappa shape index (κ3) is 4.92. The first-order chi connectivity index (χ1) is 12.2. The van der Waals surface area contributed by atoms with Gasteiger partial charge in [-0.1, -0.05) is 31.4 Å². The van der Waals surface area contributed by atoms with E-state index in [1.54, 1.807) is 13.2 Å². The number of ether oxygens (including phenoxy) is 1. The summed E-state index contributed by atoms with van der Waals surface area (Å²) in [5, 5.41) is 6.30. The summed E-state index contributed by atoms with van der Waals surface area (Å²) in [6, 6.07) is 9.78. The molecule has 1 amide bonds. The number of methoxy groups -OCH3 is 1. The average molecular weight is 340 g/mol. The molecule has 1 aliphatic rings. The number of amides is 1. The van der Waals surface area contributed by atoms with E-state index < -0.39 is 0 Å². The maximum atomic E-state index is 12.4. The van der Waals surface area contributed by atoms with Crippen LogP contribution in [0.2, 0.25) is 0 Å². The summed E-state index contributed by atoms with van der Waals surface area (Å²) in [6.45, 7) is 0.616. The fraction of sp³-hybridized carbons (Fsp3) is 0.421. The van der Waals surface area contributed by atoms with Gasteiger partial charge in [0.25, 0.3) is 5.91 Å². The first-order valence-corrected chi connectivity index (χ1v) is 8.74. The van der Waals surface area contributed by atoms with Gasteiger partial charge in [0.15, 0.2) is 0 Å². The van der Waals surface area contributed by atoms with Crippen molar-refractivity contribution in [3.8, 4) is 5.75 Å². The lowest BCUT2D eigenvalue weighted by molar-refractivity contribution is 0.0922. The summed E-state index contributed by atoms with van der Waals surface area (Å²) < 4.78 is 5.15. The molecule has 25 heavy (non-hydrogen) atoms. The number of aromatic nitrogens is 2. The third-order valence-corrected chi connectivity index (χ3v) is 4.47. The summed E-state index contributed by atoms with van der Waals surface area (Å²) in [5.74, 6) is 1.34. The number of hydrogen-bond acceptors (Lipinski definition) is 5. The molecule has 0 spiro atoms. The monoisotopic (exact) mass is 340 g/mol. The molecule has 0 atom stereocenters. The molecule has 2 aromatic rings. The number of hydrogen-bond donors (Lipinski definition) is 2. The van der Waals surface area contributed by atoms with E-state index in [1.165, 1.54) is 25.6 Å². The van der Waals surface area contributed by atoms with Crippen LogP contribution in [0.5, 0.6) is 5.75 Å². The van der Waals surface area contributed by atoms with E-state index in [0.717, 1.165) is 24.2 Å². The summed E-state index contributed by atoms with van der Waals surface area (Å²) in [5.41, 5.74) is 1.51. The quantitative estimate of drug-likeness (QED) is 0.845. The van der Waals surface area contributed by atoms with Crippen LogP contribution >= 0.6 is 0 Å². The van der Waals surface area contributed by atoms with Gasteiger partial charge in [-0.15, -0.1) is 0 Å². The maximum absolute atomic E-state index is 12.4. The summed E-state index contributed by atoms with van der Waals surface area (Å²) >= 11 is 0.